The summed E-state index contributed by atoms with van der Waals surface area (Å²) in [6, 6.07) is 37.8. The molecule has 0 bridgehead atoms. The quantitative estimate of drug-likeness (QED) is 0.114. The van der Waals surface area contributed by atoms with Gasteiger partial charge in [-0.1, -0.05) is 110 Å². The van der Waals surface area contributed by atoms with Gasteiger partial charge < -0.3 is 20.4 Å². The van der Waals surface area contributed by atoms with Gasteiger partial charge in [-0.2, -0.15) is 0 Å². The van der Waals surface area contributed by atoms with E-state index < -0.39 is 0 Å². The van der Waals surface area contributed by atoms with Crippen LogP contribution < -0.4 is 10.6 Å². The van der Waals surface area contributed by atoms with Gasteiger partial charge in [0.25, 0.3) is 0 Å². The summed E-state index contributed by atoms with van der Waals surface area (Å²) in [5.74, 6) is 0. The van der Waals surface area contributed by atoms with Gasteiger partial charge in [0, 0.05) is 40.3 Å². The zero-order valence-electron chi connectivity index (χ0n) is 26.8. The fourth-order valence-corrected chi connectivity index (χ4v) is 6.44. The summed E-state index contributed by atoms with van der Waals surface area (Å²) < 4.78 is 0. The zero-order chi connectivity index (χ0) is 31.9. The minimum atomic E-state index is -0.0636. The molecule has 46 heavy (non-hydrogen) atoms. The minimum absolute atomic E-state index is 0.0636. The Balaban J connectivity index is 0.923. The monoisotopic (exact) mass is 610 g/mol. The molecule has 6 aromatic rings. The second-order valence-electron chi connectivity index (χ2n) is 12.2. The highest BCUT2D eigenvalue weighted by molar-refractivity contribution is 6.03. The van der Waals surface area contributed by atoms with Crippen molar-refractivity contribution in [2.75, 3.05) is 27.2 Å². The number of nitrogens with one attached hydrogen (secondary N) is 2. The Labute approximate surface area is 271 Å². The summed E-state index contributed by atoms with van der Waals surface area (Å²) in [5, 5.41) is 15.6. The van der Waals surface area contributed by atoms with Crippen LogP contribution in [0.25, 0.3) is 43.1 Å². The average molecular weight is 611 g/mol. The van der Waals surface area contributed by atoms with Gasteiger partial charge in [-0.3, -0.25) is 0 Å². The summed E-state index contributed by atoms with van der Waals surface area (Å²) in [4.78, 5) is 29.4. The van der Waals surface area contributed by atoms with E-state index in [1.165, 1.54) is 54.2 Å². The van der Waals surface area contributed by atoms with Gasteiger partial charge in [0.1, 0.15) is 0 Å². The van der Waals surface area contributed by atoms with Crippen molar-refractivity contribution in [3.8, 4) is 0 Å². The number of carbonyl (C=O) groups is 2. The number of amides is 4. The number of carbonyl (C=O) groups excluding carboxylic acids is 2. The first-order valence-electron chi connectivity index (χ1n) is 16.3. The van der Waals surface area contributed by atoms with Crippen LogP contribution in [0.15, 0.2) is 109 Å². The molecule has 0 atom stereocenters. The molecule has 0 saturated carbocycles. The van der Waals surface area contributed by atoms with Gasteiger partial charge >= 0.3 is 12.1 Å². The van der Waals surface area contributed by atoms with E-state index in [2.05, 4.69) is 120 Å². The molecule has 234 valence electrons. The molecular formula is C40H42N4O2. The third-order valence-electron chi connectivity index (χ3n) is 8.91. The van der Waals surface area contributed by atoms with Gasteiger partial charge in [-0.15, -0.1) is 0 Å². The number of rotatable bonds is 11. The minimum Gasteiger partial charge on any atom is -0.338 e. The molecule has 0 unspecified atom stereocenters. The maximum absolute atomic E-state index is 12.9. The lowest BCUT2D eigenvalue weighted by atomic mass is 9.96. The van der Waals surface area contributed by atoms with Crippen LogP contribution in [0.3, 0.4) is 0 Å². The smallest absolute Gasteiger partial charge is 0.317 e. The van der Waals surface area contributed by atoms with E-state index in [4.69, 9.17) is 0 Å². The normalized spacial score (nSPS) is 11.3. The van der Waals surface area contributed by atoms with Crippen molar-refractivity contribution in [1.82, 2.24) is 20.4 Å². The molecule has 0 radical (unpaired) electrons. The van der Waals surface area contributed by atoms with Gasteiger partial charge in [-0.25, -0.2) is 9.59 Å². The summed E-state index contributed by atoms with van der Waals surface area (Å²) >= 11 is 0. The fraction of sp³-hybridized carbons (Fsp3) is 0.250. The van der Waals surface area contributed by atoms with Gasteiger partial charge in [-0.05, 0) is 79.2 Å². The van der Waals surface area contributed by atoms with Crippen molar-refractivity contribution < 1.29 is 9.59 Å². The molecule has 6 heteroatoms. The van der Waals surface area contributed by atoms with E-state index in [0.29, 0.717) is 26.2 Å². The lowest BCUT2D eigenvalue weighted by Gasteiger charge is -2.21. The van der Waals surface area contributed by atoms with E-state index in [-0.39, 0.29) is 12.1 Å². The largest absolute Gasteiger partial charge is 0.338 e. The molecule has 2 N–H and O–H groups in total. The summed E-state index contributed by atoms with van der Waals surface area (Å²) in [6.45, 7) is 2.35. The molecule has 0 heterocycles. The third kappa shape index (κ3) is 6.91. The Morgan fingerprint density at radius 1 is 0.478 bits per heavy atom. The first kappa shape index (κ1) is 30.9. The van der Waals surface area contributed by atoms with Crippen LogP contribution in [-0.2, 0) is 13.1 Å². The summed E-state index contributed by atoms with van der Waals surface area (Å²) in [6.07, 6.45) is 3.79. The van der Waals surface area contributed by atoms with Crippen molar-refractivity contribution in [3.63, 3.8) is 0 Å². The van der Waals surface area contributed by atoms with Crippen LogP contribution in [0.1, 0.15) is 36.8 Å². The number of fused-ring (bicyclic) bond motifs is 4. The van der Waals surface area contributed by atoms with Gasteiger partial charge in [0.2, 0.25) is 0 Å². The predicted molar refractivity (Wildman–Crippen MR) is 191 cm³/mol. The Morgan fingerprint density at radius 3 is 1.11 bits per heavy atom. The number of hydrogen-bond acceptors (Lipinski definition) is 2. The second kappa shape index (κ2) is 14.3. The van der Waals surface area contributed by atoms with Crippen molar-refractivity contribution in [3.05, 3.63) is 120 Å². The maximum Gasteiger partial charge on any atom is 0.317 e. The Kier molecular flexibility index (Phi) is 9.63. The predicted octanol–water partition coefficient (Wildman–Crippen LogP) is 8.84. The molecule has 0 aromatic heterocycles. The Bertz CT molecular complexity index is 1750. The Hall–Kier alpha value is -5.10. The number of benzene rings is 6. The maximum atomic E-state index is 12.9. The van der Waals surface area contributed by atoms with Gasteiger partial charge in [0.05, 0.1) is 0 Å². The lowest BCUT2D eigenvalue weighted by Crippen LogP contribution is -2.37. The number of unbranched alkanes of at least 4 members (excludes halogenated alkanes) is 3. The SMILES string of the molecule is CN(Cc1c2ccccc2cc2ccccc12)C(=O)NCCCCCCNC(=O)N(C)Cc1c2ccccc2cc2ccccc12. The van der Waals surface area contributed by atoms with Crippen molar-refractivity contribution in [1.29, 1.82) is 0 Å². The Morgan fingerprint density at radius 2 is 0.783 bits per heavy atom. The van der Waals surface area contributed by atoms with E-state index in [1.54, 1.807) is 9.80 Å². The molecule has 0 aliphatic rings. The van der Waals surface area contributed by atoms with E-state index >= 15 is 0 Å². The molecular weight excluding hydrogens is 568 g/mol. The average Bonchev–Trinajstić information content (AvgIpc) is 3.08. The molecule has 0 aliphatic carbocycles. The second-order valence-corrected chi connectivity index (χ2v) is 12.2. The first-order chi connectivity index (χ1) is 22.5. The fourth-order valence-electron chi connectivity index (χ4n) is 6.44. The standard InChI is InChI=1S/C40H42N4O2/c1-43(27-37-33-19-9-5-15-29(33)25-30-16-6-10-20-34(30)37)39(45)41-23-13-3-4-14-24-42-40(46)44(2)28-38-35-21-11-7-17-31(35)26-32-18-8-12-22-36(32)38/h5-12,15-22,25-26H,3-4,13-14,23-24,27-28H2,1-2H3,(H,41,45)(H,42,46). The highest BCUT2D eigenvalue weighted by Gasteiger charge is 2.15. The van der Waals surface area contributed by atoms with Crippen LogP contribution in [0.5, 0.6) is 0 Å². The first-order valence-corrected chi connectivity index (χ1v) is 16.3. The molecule has 6 rings (SSSR count). The molecule has 6 aromatic carbocycles. The molecule has 0 aliphatic heterocycles. The molecule has 0 saturated heterocycles. The summed E-state index contributed by atoms with van der Waals surface area (Å²) in [7, 11) is 3.71. The van der Waals surface area contributed by atoms with Gasteiger partial charge in [0.15, 0.2) is 0 Å². The highest BCUT2D eigenvalue weighted by atomic mass is 16.2. The third-order valence-corrected chi connectivity index (χ3v) is 8.91. The van der Waals surface area contributed by atoms with E-state index in [0.717, 1.165) is 25.7 Å². The van der Waals surface area contributed by atoms with Crippen molar-refractivity contribution in [2.45, 2.75) is 38.8 Å². The van der Waals surface area contributed by atoms with Crippen LogP contribution in [0.2, 0.25) is 0 Å². The molecule has 0 fully saturated rings. The number of hydrogen-bond donors (Lipinski definition) is 2. The molecule has 4 amide bonds. The van der Waals surface area contributed by atoms with Crippen LogP contribution in [0.4, 0.5) is 9.59 Å². The number of nitrogens with zero attached hydrogens (tertiary/aromatic N) is 2. The van der Waals surface area contributed by atoms with E-state index in [9.17, 15) is 9.59 Å². The lowest BCUT2D eigenvalue weighted by molar-refractivity contribution is 0.206. The van der Waals surface area contributed by atoms with Crippen molar-refractivity contribution >= 4 is 55.2 Å². The van der Waals surface area contributed by atoms with Crippen molar-refractivity contribution in [2.24, 2.45) is 0 Å². The van der Waals surface area contributed by atoms with Crippen LogP contribution >= 0.6 is 0 Å². The number of urea groups is 2. The highest BCUT2D eigenvalue weighted by Crippen LogP contribution is 2.30. The molecule has 6 nitrogen and oxygen atoms in total. The van der Waals surface area contributed by atoms with E-state index in [1.807, 2.05) is 14.1 Å². The van der Waals surface area contributed by atoms with Crippen LogP contribution in [-0.4, -0.2) is 49.0 Å². The summed E-state index contributed by atoms with van der Waals surface area (Å²) in [5.41, 5.74) is 2.34. The van der Waals surface area contributed by atoms with Crippen LogP contribution in [0, 0.1) is 0 Å². The topological polar surface area (TPSA) is 64.7 Å². The zero-order valence-corrected chi connectivity index (χ0v) is 26.8. The molecule has 0 spiro atoms.